The number of anilines is 2. The lowest BCUT2D eigenvalue weighted by molar-refractivity contribution is -0.128. The molecule has 0 unspecified atom stereocenters. The van der Waals surface area contributed by atoms with Crippen LogP contribution in [0.4, 0.5) is 11.4 Å². The van der Waals surface area contributed by atoms with Crippen molar-refractivity contribution in [2.24, 2.45) is 0 Å². The number of rotatable bonds is 8. The molecule has 1 fully saturated rings. The van der Waals surface area contributed by atoms with Crippen LogP contribution in [0.5, 0.6) is 11.5 Å². The molecule has 2 amide bonds. The average Bonchev–Trinajstić information content (AvgIpc) is 3.38. The summed E-state index contributed by atoms with van der Waals surface area (Å²) in [6.07, 6.45) is 0. The number of amides is 2. The molecule has 2 heterocycles. The average molecular weight is 583 g/mol. The lowest BCUT2D eigenvalue weighted by atomic mass is 10.2. The third kappa shape index (κ3) is 6.41. The van der Waals surface area contributed by atoms with E-state index in [9.17, 15) is 9.59 Å². The number of methoxy groups -OCH3 is 2. The van der Waals surface area contributed by atoms with Gasteiger partial charge in [-0.25, -0.2) is 4.98 Å². The summed E-state index contributed by atoms with van der Waals surface area (Å²) in [4.78, 5) is 34.5. The molecule has 1 aromatic heterocycles. The van der Waals surface area contributed by atoms with Gasteiger partial charge in [-0.05, 0) is 60.7 Å². The fraction of sp³-hybridized carbons (Fsp3) is 0.250. The third-order valence-electron chi connectivity index (χ3n) is 6.42. The monoisotopic (exact) mass is 582 g/mol. The molecule has 3 aromatic carbocycles. The van der Waals surface area contributed by atoms with Crippen LogP contribution in [0.3, 0.4) is 0 Å². The summed E-state index contributed by atoms with van der Waals surface area (Å²) < 4.78 is 12.3. The van der Waals surface area contributed by atoms with E-state index < -0.39 is 0 Å². The quantitative estimate of drug-likeness (QED) is 0.268. The van der Waals surface area contributed by atoms with E-state index in [0.717, 1.165) is 38.4 Å². The van der Waals surface area contributed by atoms with Gasteiger partial charge in [-0.2, -0.15) is 0 Å². The number of benzene rings is 3. The van der Waals surface area contributed by atoms with Crippen LogP contribution in [-0.4, -0.2) is 67.8 Å². The number of halogens is 1. The largest absolute Gasteiger partial charge is 0.493 e. The molecule has 1 aliphatic rings. The van der Waals surface area contributed by atoms with Gasteiger partial charge in [0, 0.05) is 48.1 Å². The molecule has 1 aliphatic heterocycles. The maximum Gasteiger partial charge on any atom is 0.255 e. The number of fused-ring (bicyclic) bond motifs is 1. The van der Waals surface area contributed by atoms with E-state index in [2.05, 4.69) is 15.2 Å². The van der Waals surface area contributed by atoms with Crippen molar-refractivity contribution < 1.29 is 19.1 Å². The van der Waals surface area contributed by atoms with Crippen molar-refractivity contribution in [2.75, 3.05) is 56.4 Å². The Morgan fingerprint density at radius 3 is 2.44 bits per heavy atom. The van der Waals surface area contributed by atoms with Gasteiger partial charge in [0.15, 0.2) is 15.8 Å². The molecule has 0 aliphatic carbocycles. The van der Waals surface area contributed by atoms with Crippen molar-refractivity contribution in [3.63, 3.8) is 0 Å². The maximum atomic E-state index is 12.9. The van der Waals surface area contributed by atoms with Crippen molar-refractivity contribution >= 4 is 68.1 Å². The predicted molar refractivity (Wildman–Crippen MR) is 158 cm³/mol. The van der Waals surface area contributed by atoms with Gasteiger partial charge in [-0.1, -0.05) is 23.4 Å². The molecule has 4 aromatic rings. The third-order valence-corrected chi connectivity index (χ3v) is 8.81. The van der Waals surface area contributed by atoms with Crippen LogP contribution in [0.1, 0.15) is 10.4 Å². The normalized spacial score (nSPS) is 13.4. The first-order valence-electron chi connectivity index (χ1n) is 12.3. The summed E-state index contributed by atoms with van der Waals surface area (Å²) in [5.74, 6) is 1.24. The van der Waals surface area contributed by atoms with Crippen LogP contribution in [-0.2, 0) is 4.79 Å². The minimum atomic E-state index is -0.254. The van der Waals surface area contributed by atoms with E-state index in [0.29, 0.717) is 41.6 Å². The Kier molecular flexibility index (Phi) is 8.44. The van der Waals surface area contributed by atoms with Crippen molar-refractivity contribution in [3.05, 3.63) is 71.2 Å². The Balaban J connectivity index is 1.16. The van der Waals surface area contributed by atoms with E-state index in [1.54, 1.807) is 25.3 Å². The van der Waals surface area contributed by atoms with Crippen LogP contribution in [0, 0.1) is 0 Å². The van der Waals surface area contributed by atoms with Gasteiger partial charge < -0.3 is 24.6 Å². The van der Waals surface area contributed by atoms with Crippen molar-refractivity contribution in [3.8, 4) is 11.5 Å². The number of nitrogens with zero attached hydrogens (tertiary/aromatic N) is 3. The number of hydrogen-bond donors (Lipinski definition) is 1. The van der Waals surface area contributed by atoms with Crippen LogP contribution in [0.25, 0.3) is 10.2 Å². The lowest BCUT2D eigenvalue weighted by Crippen LogP contribution is -2.49. The van der Waals surface area contributed by atoms with Crippen molar-refractivity contribution in [1.29, 1.82) is 0 Å². The number of ether oxygens (including phenoxy) is 2. The van der Waals surface area contributed by atoms with Crippen LogP contribution < -0.4 is 19.7 Å². The van der Waals surface area contributed by atoms with Gasteiger partial charge in [0.2, 0.25) is 5.91 Å². The molecule has 5 rings (SSSR count). The molecule has 0 radical (unpaired) electrons. The highest BCUT2D eigenvalue weighted by Gasteiger charge is 2.22. The first-order chi connectivity index (χ1) is 18.9. The highest BCUT2D eigenvalue weighted by molar-refractivity contribution is 8.01. The molecule has 0 spiro atoms. The number of hydrogen-bond acceptors (Lipinski definition) is 8. The standard InChI is InChI=1S/C28H27ClN4O4S2/c1-36-23-10-3-18(15-24(23)37-2)27(35)30-20-6-9-22-25(16-20)39-28(31-22)38-17-26(34)33-13-11-32(12-14-33)21-7-4-19(29)5-8-21/h3-10,15-16H,11-14,17H2,1-2H3,(H,30,35). The van der Waals surface area contributed by atoms with E-state index in [1.165, 1.54) is 30.2 Å². The highest BCUT2D eigenvalue weighted by atomic mass is 35.5. The fourth-order valence-electron chi connectivity index (χ4n) is 4.30. The summed E-state index contributed by atoms with van der Waals surface area (Å²) in [5, 5.41) is 3.64. The van der Waals surface area contributed by atoms with Gasteiger partial charge in [-0.3, -0.25) is 9.59 Å². The minimum absolute atomic E-state index is 0.109. The van der Waals surface area contributed by atoms with Crippen LogP contribution in [0.2, 0.25) is 5.02 Å². The summed E-state index contributed by atoms with van der Waals surface area (Å²) in [5.41, 5.74) is 3.07. The molecule has 0 saturated carbocycles. The number of thiazole rings is 1. The predicted octanol–water partition coefficient (Wildman–Crippen LogP) is 5.66. The zero-order chi connectivity index (χ0) is 27.4. The number of piperazine rings is 1. The fourth-order valence-corrected chi connectivity index (χ4v) is 6.44. The Bertz CT molecular complexity index is 1490. The molecule has 0 atom stereocenters. The van der Waals surface area contributed by atoms with E-state index in [4.69, 9.17) is 21.1 Å². The SMILES string of the molecule is COc1ccc(C(=O)Nc2ccc3nc(SCC(=O)N4CCN(c5ccc(Cl)cc5)CC4)sc3c2)cc1OC. The first-order valence-corrected chi connectivity index (χ1v) is 14.5. The molecular weight excluding hydrogens is 556 g/mol. The molecule has 1 saturated heterocycles. The molecule has 0 bridgehead atoms. The molecule has 1 N–H and O–H groups in total. The Morgan fingerprint density at radius 1 is 0.974 bits per heavy atom. The smallest absolute Gasteiger partial charge is 0.255 e. The number of aromatic nitrogens is 1. The topological polar surface area (TPSA) is 84.0 Å². The molecule has 39 heavy (non-hydrogen) atoms. The molecule has 202 valence electrons. The second-order valence-electron chi connectivity index (χ2n) is 8.82. The Morgan fingerprint density at radius 2 is 1.72 bits per heavy atom. The van der Waals surface area contributed by atoms with Gasteiger partial charge in [0.1, 0.15) is 0 Å². The molecular formula is C28H27ClN4O4S2. The van der Waals surface area contributed by atoms with Crippen molar-refractivity contribution in [1.82, 2.24) is 9.88 Å². The van der Waals surface area contributed by atoms with Crippen molar-refractivity contribution in [2.45, 2.75) is 4.34 Å². The summed E-state index contributed by atoms with van der Waals surface area (Å²) >= 11 is 8.95. The van der Waals surface area contributed by atoms with E-state index >= 15 is 0 Å². The van der Waals surface area contributed by atoms with Gasteiger partial charge in [-0.15, -0.1) is 11.3 Å². The second kappa shape index (κ2) is 12.1. The number of carbonyl (C=O) groups is 2. The molecule has 8 nitrogen and oxygen atoms in total. The summed E-state index contributed by atoms with van der Waals surface area (Å²) in [6, 6.07) is 18.4. The summed E-state index contributed by atoms with van der Waals surface area (Å²) in [7, 11) is 3.08. The number of carbonyl (C=O) groups excluding carboxylic acids is 2. The van der Waals surface area contributed by atoms with Crippen LogP contribution in [0.15, 0.2) is 65.0 Å². The van der Waals surface area contributed by atoms with E-state index in [1.807, 2.05) is 47.4 Å². The number of thioether (sulfide) groups is 1. The van der Waals surface area contributed by atoms with Gasteiger partial charge >= 0.3 is 0 Å². The first kappa shape index (κ1) is 27.1. The summed E-state index contributed by atoms with van der Waals surface area (Å²) in [6.45, 7) is 2.95. The Labute approximate surface area is 239 Å². The van der Waals surface area contributed by atoms with Gasteiger partial charge in [0.05, 0.1) is 30.2 Å². The second-order valence-corrected chi connectivity index (χ2v) is 11.5. The number of nitrogens with one attached hydrogen (secondary N) is 1. The zero-order valence-electron chi connectivity index (χ0n) is 21.5. The van der Waals surface area contributed by atoms with E-state index in [-0.39, 0.29) is 11.8 Å². The minimum Gasteiger partial charge on any atom is -0.493 e. The molecule has 11 heteroatoms. The zero-order valence-corrected chi connectivity index (χ0v) is 23.9. The highest BCUT2D eigenvalue weighted by Crippen LogP contribution is 2.32. The Hall–Kier alpha value is -3.47. The van der Waals surface area contributed by atoms with Gasteiger partial charge in [0.25, 0.3) is 5.91 Å². The lowest BCUT2D eigenvalue weighted by Gasteiger charge is -2.36. The van der Waals surface area contributed by atoms with Crippen LogP contribution >= 0.6 is 34.7 Å². The maximum absolute atomic E-state index is 12.9.